The maximum Gasteiger partial charge on any atom is 0.124 e. The van der Waals surface area contributed by atoms with Crippen molar-refractivity contribution in [2.24, 2.45) is 0 Å². The lowest BCUT2D eigenvalue weighted by molar-refractivity contribution is 1.29. The third kappa shape index (κ3) is 1.65. The van der Waals surface area contributed by atoms with Crippen LogP contribution in [0.1, 0.15) is 5.69 Å². The number of hydrogen-bond acceptors (Lipinski definition) is 3. The molecule has 64 valence electrons. The Morgan fingerprint density at radius 3 is 2.77 bits per heavy atom. The lowest BCUT2D eigenvalue weighted by Gasteiger charge is -1.95. The highest BCUT2D eigenvalue weighted by molar-refractivity contribution is 7.13. The second-order valence-corrected chi connectivity index (χ2v) is 3.41. The standard InChI is InChI=1S/C10H8N2S/c1-2-9-4-3-8(7-12-9)10-11-5-6-13-10/h2-7H,1H2. The van der Waals surface area contributed by atoms with Crippen LogP contribution in [0.15, 0.2) is 36.5 Å². The van der Waals surface area contributed by atoms with Gasteiger partial charge in [-0.25, -0.2) is 4.98 Å². The molecule has 0 aliphatic carbocycles. The fourth-order valence-corrected chi connectivity index (χ4v) is 1.65. The molecule has 0 aliphatic heterocycles. The van der Waals surface area contributed by atoms with Crippen molar-refractivity contribution in [2.75, 3.05) is 0 Å². The molecule has 13 heavy (non-hydrogen) atoms. The van der Waals surface area contributed by atoms with Gasteiger partial charge in [-0.2, -0.15) is 0 Å². The summed E-state index contributed by atoms with van der Waals surface area (Å²) in [4.78, 5) is 8.40. The summed E-state index contributed by atoms with van der Waals surface area (Å²) in [5.41, 5.74) is 1.95. The molecule has 0 radical (unpaired) electrons. The van der Waals surface area contributed by atoms with Gasteiger partial charge in [0, 0.05) is 23.3 Å². The lowest BCUT2D eigenvalue weighted by atomic mass is 10.2. The molecule has 2 nitrogen and oxygen atoms in total. The van der Waals surface area contributed by atoms with Crippen LogP contribution < -0.4 is 0 Å². The summed E-state index contributed by atoms with van der Waals surface area (Å²) in [6, 6.07) is 3.94. The summed E-state index contributed by atoms with van der Waals surface area (Å²) in [6.07, 6.45) is 5.34. The van der Waals surface area contributed by atoms with E-state index in [2.05, 4.69) is 16.5 Å². The summed E-state index contributed by atoms with van der Waals surface area (Å²) in [5.74, 6) is 0. The molecule has 0 bridgehead atoms. The summed E-state index contributed by atoms with van der Waals surface area (Å²) in [5, 5.41) is 2.96. The third-order valence-corrected chi connectivity index (χ3v) is 2.50. The van der Waals surface area contributed by atoms with Gasteiger partial charge in [-0.15, -0.1) is 11.3 Å². The average molecular weight is 188 g/mol. The Hall–Kier alpha value is -1.48. The van der Waals surface area contributed by atoms with Gasteiger partial charge in [0.25, 0.3) is 0 Å². The highest BCUT2D eigenvalue weighted by atomic mass is 32.1. The third-order valence-electron chi connectivity index (χ3n) is 1.67. The Kier molecular flexibility index (Phi) is 2.19. The summed E-state index contributed by atoms with van der Waals surface area (Å²) >= 11 is 1.61. The van der Waals surface area contributed by atoms with Crippen molar-refractivity contribution in [3.8, 4) is 10.6 Å². The van der Waals surface area contributed by atoms with E-state index in [1.165, 1.54) is 0 Å². The molecule has 0 aliphatic rings. The summed E-state index contributed by atoms with van der Waals surface area (Å²) in [6.45, 7) is 3.65. The molecule has 2 rings (SSSR count). The van der Waals surface area contributed by atoms with Crippen LogP contribution in [0.25, 0.3) is 16.6 Å². The highest BCUT2D eigenvalue weighted by Gasteiger charge is 1.99. The van der Waals surface area contributed by atoms with Crippen molar-refractivity contribution in [2.45, 2.75) is 0 Å². The van der Waals surface area contributed by atoms with E-state index in [1.807, 2.05) is 23.7 Å². The topological polar surface area (TPSA) is 25.8 Å². The SMILES string of the molecule is C=Cc1ccc(-c2nccs2)cn1. The first-order chi connectivity index (χ1) is 6.40. The number of rotatable bonds is 2. The molecule has 0 fully saturated rings. The van der Waals surface area contributed by atoms with Gasteiger partial charge < -0.3 is 0 Å². The van der Waals surface area contributed by atoms with Crippen LogP contribution in [0.2, 0.25) is 0 Å². The van der Waals surface area contributed by atoms with E-state index in [0.717, 1.165) is 16.3 Å². The Morgan fingerprint density at radius 1 is 1.31 bits per heavy atom. The first-order valence-corrected chi connectivity index (χ1v) is 4.76. The minimum Gasteiger partial charge on any atom is -0.256 e. The van der Waals surface area contributed by atoms with Crippen molar-refractivity contribution >= 4 is 17.4 Å². The van der Waals surface area contributed by atoms with Gasteiger partial charge in [0.1, 0.15) is 5.01 Å². The number of aromatic nitrogens is 2. The van der Waals surface area contributed by atoms with Gasteiger partial charge in [-0.3, -0.25) is 4.98 Å². The zero-order valence-corrected chi connectivity index (χ0v) is 7.79. The summed E-state index contributed by atoms with van der Waals surface area (Å²) < 4.78 is 0. The van der Waals surface area contributed by atoms with Gasteiger partial charge in [0.05, 0.1) is 5.69 Å². The van der Waals surface area contributed by atoms with E-state index in [0.29, 0.717) is 0 Å². The van der Waals surface area contributed by atoms with Crippen LogP contribution >= 0.6 is 11.3 Å². The van der Waals surface area contributed by atoms with Crippen LogP contribution in [0, 0.1) is 0 Å². The molecule has 3 heteroatoms. The molecule has 0 amide bonds. The van der Waals surface area contributed by atoms with Crippen LogP contribution in [-0.4, -0.2) is 9.97 Å². The molecule has 0 N–H and O–H groups in total. The lowest BCUT2D eigenvalue weighted by Crippen LogP contribution is -1.81. The molecule has 2 aromatic rings. The van der Waals surface area contributed by atoms with E-state index in [4.69, 9.17) is 0 Å². The maximum atomic E-state index is 4.20. The van der Waals surface area contributed by atoms with E-state index in [9.17, 15) is 0 Å². The molecule has 0 spiro atoms. The molecule has 2 aromatic heterocycles. The average Bonchev–Trinajstić information content (AvgIpc) is 2.71. The largest absolute Gasteiger partial charge is 0.256 e. The molecule has 2 heterocycles. The van der Waals surface area contributed by atoms with E-state index in [1.54, 1.807) is 23.6 Å². The zero-order valence-electron chi connectivity index (χ0n) is 6.97. The van der Waals surface area contributed by atoms with Crippen LogP contribution in [0.5, 0.6) is 0 Å². The first-order valence-electron chi connectivity index (χ1n) is 3.88. The second-order valence-electron chi connectivity index (χ2n) is 2.51. The van der Waals surface area contributed by atoms with Crippen molar-refractivity contribution in [3.05, 3.63) is 42.2 Å². The van der Waals surface area contributed by atoms with Gasteiger partial charge in [0.15, 0.2) is 0 Å². The predicted octanol–water partition coefficient (Wildman–Crippen LogP) is 2.85. The normalized spacial score (nSPS) is 9.85. The number of thiazole rings is 1. The Labute approximate surface area is 80.6 Å². The highest BCUT2D eigenvalue weighted by Crippen LogP contribution is 2.20. The molecule has 0 unspecified atom stereocenters. The quantitative estimate of drug-likeness (QED) is 0.724. The van der Waals surface area contributed by atoms with E-state index in [-0.39, 0.29) is 0 Å². The first kappa shape index (κ1) is 8.13. The maximum absolute atomic E-state index is 4.20. The Balaban J connectivity index is 2.38. The predicted molar refractivity (Wildman–Crippen MR) is 55.4 cm³/mol. The van der Waals surface area contributed by atoms with E-state index < -0.39 is 0 Å². The minimum absolute atomic E-state index is 0.889. The van der Waals surface area contributed by atoms with Gasteiger partial charge in [-0.1, -0.05) is 6.58 Å². The van der Waals surface area contributed by atoms with E-state index >= 15 is 0 Å². The minimum atomic E-state index is 0.889. The Morgan fingerprint density at radius 2 is 2.23 bits per heavy atom. The van der Waals surface area contributed by atoms with Crippen molar-refractivity contribution in [1.82, 2.24) is 9.97 Å². The van der Waals surface area contributed by atoms with Gasteiger partial charge >= 0.3 is 0 Å². The Bertz CT molecular complexity index is 389. The van der Waals surface area contributed by atoms with Crippen LogP contribution in [0.3, 0.4) is 0 Å². The van der Waals surface area contributed by atoms with Crippen molar-refractivity contribution in [1.29, 1.82) is 0 Å². The smallest absolute Gasteiger partial charge is 0.124 e. The number of nitrogens with zero attached hydrogens (tertiary/aromatic N) is 2. The molecule has 0 saturated carbocycles. The van der Waals surface area contributed by atoms with Crippen molar-refractivity contribution < 1.29 is 0 Å². The fourth-order valence-electron chi connectivity index (χ4n) is 1.02. The molecule has 0 atom stereocenters. The van der Waals surface area contributed by atoms with Crippen LogP contribution in [-0.2, 0) is 0 Å². The number of hydrogen-bond donors (Lipinski definition) is 0. The molecular weight excluding hydrogens is 180 g/mol. The molecular formula is C10H8N2S. The van der Waals surface area contributed by atoms with Gasteiger partial charge in [0.2, 0.25) is 0 Å². The fraction of sp³-hybridized carbons (Fsp3) is 0. The van der Waals surface area contributed by atoms with Gasteiger partial charge in [-0.05, 0) is 18.2 Å². The molecule has 0 aromatic carbocycles. The van der Waals surface area contributed by atoms with Crippen molar-refractivity contribution in [3.63, 3.8) is 0 Å². The zero-order chi connectivity index (χ0) is 9.10. The molecule has 0 saturated heterocycles. The second kappa shape index (κ2) is 3.49. The monoisotopic (exact) mass is 188 g/mol. The number of pyridine rings is 1. The summed E-state index contributed by atoms with van der Waals surface area (Å²) in [7, 11) is 0. The van der Waals surface area contributed by atoms with Crippen LogP contribution in [0.4, 0.5) is 0 Å².